The third-order valence-electron chi connectivity index (χ3n) is 3.30. The molecule has 0 unspecified atom stereocenters. The monoisotopic (exact) mass is 297 g/mol. The molecular weight excluding hydrogens is 282 g/mol. The predicted molar refractivity (Wildman–Crippen MR) is 73.9 cm³/mol. The third-order valence-corrected chi connectivity index (χ3v) is 3.61. The highest BCUT2D eigenvalue weighted by Crippen LogP contribution is 2.23. The van der Waals surface area contributed by atoms with Crippen LogP contribution in [0.1, 0.15) is 19.3 Å². The van der Waals surface area contributed by atoms with Gasteiger partial charge in [0, 0.05) is 6.54 Å². The van der Waals surface area contributed by atoms with Crippen LogP contribution in [0.3, 0.4) is 0 Å². The van der Waals surface area contributed by atoms with Gasteiger partial charge in [0.2, 0.25) is 0 Å². The summed E-state index contributed by atoms with van der Waals surface area (Å²) in [5.41, 5.74) is 0. The number of carboxylic acids is 1. The van der Waals surface area contributed by atoms with Crippen molar-refractivity contribution in [3.63, 3.8) is 0 Å². The Kier molecular flexibility index (Phi) is 4.84. The van der Waals surface area contributed by atoms with Crippen molar-refractivity contribution in [2.45, 2.75) is 25.3 Å². The SMILES string of the molecule is O=C(O)[C@H]1CCCCN1C(=O)COc1ccccc1Cl. The van der Waals surface area contributed by atoms with Gasteiger partial charge in [-0.05, 0) is 31.4 Å². The standard InChI is InChI=1S/C14H16ClNO4/c15-10-5-1-2-7-12(10)20-9-13(17)16-8-4-3-6-11(16)14(18)19/h1-2,5,7,11H,3-4,6,8-9H2,(H,18,19)/t11-/m1/s1. The highest BCUT2D eigenvalue weighted by atomic mass is 35.5. The summed E-state index contributed by atoms with van der Waals surface area (Å²) in [6, 6.07) is 6.11. The van der Waals surface area contributed by atoms with E-state index in [0.717, 1.165) is 12.8 Å². The van der Waals surface area contributed by atoms with E-state index in [-0.39, 0.29) is 12.5 Å². The number of halogens is 1. The Hall–Kier alpha value is -1.75. The molecule has 0 aromatic heterocycles. The van der Waals surface area contributed by atoms with Gasteiger partial charge in [-0.15, -0.1) is 0 Å². The van der Waals surface area contributed by atoms with Crippen LogP contribution >= 0.6 is 11.6 Å². The number of nitrogens with zero attached hydrogens (tertiary/aromatic N) is 1. The molecule has 1 aliphatic heterocycles. The predicted octanol–water partition coefficient (Wildman–Crippen LogP) is 2.18. The van der Waals surface area contributed by atoms with Crippen molar-refractivity contribution in [2.75, 3.05) is 13.2 Å². The molecular formula is C14H16ClNO4. The smallest absolute Gasteiger partial charge is 0.326 e. The number of carbonyl (C=O) groups is 2. The lowest BCUT2D eigenvalue weighted by Crippen LogP contribution is -2.49. The van der Waals surface area contributed by atoms with E-state index in [0.29, 0.717) is 23.7 Å². The maximum atomic E-state index is 12.1. The van der Waals surface area contributed by atoms with Gasteiger partial charge in [-0.2, -0.15) is 0 Å². The summed E-state index contributed by atoms with van der Waals surface area (Å²) in [7, 11) is 0. The third kappa shape index (κ3) is 3.42. The molecule has 5 nitrogen and oxygen atoms in total. The first kappa shape index (κ1) is 14.7. The first-order valence-electron chi connectivity index (χ1n) is 6.49. The Morgan fingerprint density at radius 1 is 1.35 bits per heavy atom. The molecule has 2 rings (SSSR count). The molecule has 0 radical (unpaired) electrons. The van der Waals surface area contributed by atoms with Gasteiger partial charge >= 0.3 is 5.97 Å². The Balaban J connectivity index is 1.97. The molecule has 108 valence electrons. The Morgan fingerprint density at radius 2 is 2.10 bits per heavy atom. The van der Waals surface area contributed by atoms with Crippen LogP contribution in [0.4, 0.5) is 0 Å². The number of carboxylic acid groups (broad SMARTS) is 1. The molecule has 1 N–H and O–H groups in total. The van der Waals surface area contributed by atoms with Crippen molar-refractivity contribution in [3.05, 3.63) is 29.3 Å². The fraction of sp³-hybridized carbons (Fsp3) is 0.429. The van der Waals surface area contributed by atoms with Crippen LogP contribution in [0.25, 0.3) is 0 Å². The van der Waals surface area contributed by atoms with Gasteiger partial charge in [0.05, 0.1) is 5.02 Å². The summed E-state index contributed by atoms with van der Waals surface area (Å²) in [6.45, 7) is 0.259. The second-order valence-electron chi connectivity index (χ2n) is 4.66. The van der Waals surface area contributed by atoms with Crippen LogP contribution in [0.15, 0.2) is 24.3 Å². The van der Waals surface area contributed by atoms with Crippen LogP contribution < -0.4 is 4.74 Å². The molecule has 1 atom stereocenters. The van der Waals surface area contributed by atoms with Gasteiger partial charge in [-0.1, -0.05) is 23.7 Å². The molecule has 0 aliphatic carbocycles. The zero-order chi connectivity index (χ0) is 14.5. The Morgan fingerprint density at radius 3 is 2.80 bits per heavy atom. The second-order valence-corrected chi connectivity index (χ2v) is 5.06. The highest BCUT2D eigenvalue weighted by Gasteiger charge is 2.31. The van der Waals surface area contributed by atoms with E-state index in [2.05, 4.69) is 0 Å². The number of carbonyl (C=O) groups excluding carboxylic acids is 1. The number of aliphatic carboxylic acids is 1. The lowest BCUT2D eigenvalue weighted by molar-refractivity contribution is -0.152. The molecule has 0 spiro atoms. The fourth-order valence-corrected chi connectivity index (χ4v) is 2.46. The molecule has 20 heavy (non-hydrogen) atoms. The molecule has 1 saturated heterocycles. The number of rotatable bonds is 4. The normalized spacial score (nSPS) is 18.6. The lowest BCUT2D eigenvalue weighted by Gasteiger charge is -2.32. The number of piperidine rings is 1. The summed E-state index contributed by atoms with van der Waals surface area (Å²) < 4.78 is 5.36. The molecule has 6 heteroatoms. The number of hydrogen-bond acceptors (Lipinski definition) is 3. The van der Waals surface area contributed by atoms with Crippen LogP contribution in [-0.2, 0) is 9.59 Å². The van der Waals surface area contributed by atoms with Gasteiger partial charge in [-0.3, -0.25) is 4.79 Å². The van der Waals surface area contributed by atoms with Gasteiger partial charge in [0.15, 0.2) is 6.61 Å². The Labute approximate surface area is 122 Å². The molecule has 1 fully saturated rings. The Bertz CT molecular complexity index is 506. The van der Waals surface area contributed by atoms with E-state index in [9.17, 15) is 9.59 Å². The fourth-order valence-electron chi connectivity index (χ4n) is 2.27. The van der Waals surface area contributed by atoms with Gasteiger partial charge < -0.3 is 14.7 Å². The zero-order valence-electron chi connectivity index (χ0n) is 10.9. The lowest BCUT2D eigenvalue weighted by atomic mass is 10.0. The van der Waals surface area contributed by atoms with Crippen LogP contribution in [-0.4, -0.2) is 41.1 Å². The van der Waals surface area contributed by atoms with Gasteiger partial charge in [0.25, 0.3) is 5.91 Å². The molecule has 0 bridgehead atoms. The van der Waals surface area contributed by atoms with Gasteiger partial charge in [-0.25, -0.2) is 4.79 Å². The van der Waals surface area contributed by atoms with E-state index in [1.807, 2.05) is 0 Å². The van der Waals surface area contributed by atoms with Crippen molar-refractivity contribution >= 4 is 23.5 Å². The average Bonchev–Trinajstić information content (AvgIpc) is 2.46. The maximum absolute atomic E-state index is 12.1. The first-order chi connectivity index (χ1) is 9.59. The summed E-state index contributed by atoms with van der Waals surface area (Å²) in [4.78, 5) is 24.6. The second kappa shape index (κ2) is 6.61. The summed E-state index contributed by atoms with van der Waals surface area (Å²) in [5, 5.41) is 9.56. The van der Waals surface area contributed by atoms with Crippen molar-refractivity contribution in [1.29, 1.82) is 0 Å². The number of hydrogen-bond donors (Lipinski definition) is 1. The minimum Gasteiger partial charge on any atom is -0.482 e. The topological polar surface area (TPSA) is 66.8 Å². The van der Waals surface area contributed by atoms with Crippen LogP contribution in [0, 0.1) is 0 Å². The van der Waals surface area contributed by atoms with E-state index in [4.69, 9.17) is 21.4 Å². The van der Waals surface area contributed by atoms with E-state index < -0.39 is 12.0 Å². The summed E-state index contributed by atoms with van der Waals surface area (Å²) >= 11 is 5.93. The van der Waals surface area contributed by atoms with E-state index in [1.54, 1.807) is 24.3 Å². The van der Waals surface area contributed by atoms with Crippen molar-refractivity contribution in [2.24, 2.45) is 0 Å². The average molecular weight is 298 g/mol. The number of para-hydroxylation sites is 1. The zero-order valence-corrected chi connectivity index (χ0v) is 11.7. The molecule has 1 aromatic rings. The van der Waals surface area contributed by atoms with Crippen molar-refractivity contribution in [1.82, 2.24) is 4.90 Å². The quantitative estimate of drug-likeness (QED) is 0.925. The minimum absolute atomic E-state index is 0.201. The van der Waals surface area contributed by atoms with Crippen LogP contribution in [0.2, 0.25) is 5.02 Å². The number of ether oxygens (including phenoxy) is 1. The molecule has 1 aliphatic rings. The van der Waals surface area contributed by atoms with E-state index >= 15 is 0 Å². The molecule has 0 saturated carbocycles. The number of amides is 1. The van der Waals surface area contributed by atoms with Gasteiger partial charge in [0.1, 0.15) is 11.8 Å². The van der Waals surface area contributed by atoms with E-state index in [1.165, 1.54) is 4.90 Å². The summed E-state index contributed by atoms with van der Waals surface area (Å²) in [6.07, 6.45) is 2.14. The largest absolute Gasteiger partial charge is 0.482 e. The maximum Gasteiger partial charge on any atom is 0.326 e. The number of benzene rings is 1. The van der Waals surface area contributed by atoms with Crippen molar-refractivity contribution in [3.8, 4) is 5.75 Å². The highest BCUT2D eigenvalue weighted by molar-refractivity contribution is 6.32. The number of likely N-dealkylation sites (tertiary alicyclic amines) is 1. The first-order valence-corrected chi connectivity index (χ1v) is 6.87. The molecule has 1 amide bonds. The summed E-state index contributed by atoms with van der Waals surface area (Å²) in [5.74, 6) is -0.862. The van der Waals surface area contributed by atoms with Crippen LogP contribution in [0.5, 0.6) is 5.75 Å². The minimum atomic E-state index is -0.962. The molecule has 1 aromatic carbocycles. The molecule has 1 heterocycles. The van der Waals surface area contributed by atoms with Crippen molar-refractivity contribution < 1.29 is 19.4 Å².